The molecule has 0 unspecified atom stereocenters. The molecule has 0 saturated carbocycles. The van der Waals surface area contributed by atoms with E-state index in [2.05, 4.69) is 5.32 Å². The Balaban J connectivity index is 1.81. The van der Waals surface area contributed by atoms with Gasteiger partial charge < -0.3 is 14.6 Å². The Labute approximate surface area is 197 Å². The van der Waals surface area contributed by atoms with Gasteiger partial charge in [0, 0.05) is 23.3 Å². The van der Waals surface area contributed by atoms with Gasteiger partial charge in [-0.25, -0.2) is 8.42 Å². The number of hydrogen-bond acceptors (Lipinski definition) is 5. The number of ether oxygens (including phenoxy) is 1. The third-order valence-corrected chi connectivity index (χ3v) is 7.29. The number of rotatable bonds is 7. The van der Waals surface area contributed by atoms with E-state index in [4.69, 9.17) is 4.74 Å². The van der Waals surface area contributed by atoms with Crippen molar-refractivity contribution in [2.75, 3.05) is 12.4 Å². The summed E-state index contributed by atoms with van der Waals surface area (Å²) in [6, 6.07) is 20.0. The maximum absolute atomic E-state index is 13.3. The molecule has 0 saturated heterocycles. The Kier molecular flexibility index (Phi) is 6.51. The first-order valence-corrected chi connectivity index (χ1v) is 12.2. The second-order valence-corrected chi connectivity index (χ2v) is 9.67. The highest BCUT2D eigenvalue weighted by molar-refractivity contribution is 7.91. The van der Waals surface area contributed by atoms with Crippen molar-refractivity contribution in [3.63, 3.8) is 0 Å². The zero-order valence-electron chi connectivity index (χ0n) is 18.8. The van der Waals surface area contributed by atoms with Gasteiger partial charge in [0.1, 0.15) is 17.2 Å². The van der Waals surface area contributed by atoms with Crippen LogP contribution in [-0.2, 0) is 27.6 Å². The van der Waals surface area contributed by atoms with Crippen molar-refractivity contribution < 1.29 is 17.9 Å². The summed E-state index contributed by atoms with van der Waals surface area (Å²) in [7, 11) is -2.55. The molecule has 0 aliphatic heterocycles. The van der Waals surface area contributed by atoms with E-state index in [-0.39, 0.29) is 27.6 Å². The fourth-order valence-corrected chi connectivity index (χ4v) is 5.13. The van der Waals surface area contributed by atoms with Crippen LogP contribution in [0.15, 0.2) is 93.6 Å². The van der Waals surface area contributed by atoms with Crippen LogP contribution in [0.3, 0.4) is 0 Å². The number of amides is 1. The quantitative estimate of drug-likeness (QED) is 0.434. The number of carbonyl (C=O) groups excluding carboxylic acids is 1. The van der Waals surface area contributed by atoms with Crippen LogP contribution < -0.4 is 15.5 Å². The molecule has 174 valence electrons. The molecule has 4 aromatic rings. The Hall–Kier alpha value is -3.91. The van der Waals surface area contributed by atoms with Gasteiger partial charge in [-0.05, 0) is 48.4 Å². The highest BCUT2D eigenvalue weighted by Crippen LogP contribution is 2.23. The molecule has 0 aliphatic rings. The second kappa shape index (κ2) is 9.52. The molecule has 8 heteroatoms. The molecule has 0 radical (unpaired) electrons. The number of aromatic nitrogens is 1. The van der Waals surface area contributed by atoms with Crippen molar-refractivity contribution in [3.8, 4) is 5.75 Å². The average Bonchev–Trinajstić information content (AvgIpc) is 2.86. The summed E-state index contributed by atoms with van der Waals surface area (Å²) in [5, 5.41) is 3.04. The van der Waals surface area contributed by atoms with Gasteiger partial charge in [0.2, 0.25) is 21.2 Å². The lowest BCUT2D eigenvalue weighted by atomic mass is 10.1. The average molecular weight is 477 g/mol. The molecule has 1 aromatic heterocycles. The summed E-state index contributed by atoms with van der Waals surface area (Å²) in [4.78, 5) is 25.8. The van der Waals surface area contributed by atoms with E-state index in [1.54, 1.807) is 54.6 Å². The van der Waals surface area contributed by atoms with Crippen molar-refractivity contribution in [1.29, 1.82) is 0 Å². The first-order chi connectivity index (χ1) is 16.3. The summed E-state index contributed by atoms with van der Waals surface area (Å²) in [6.45, 7) is 1.77. The summed E-state index contributed by atoms with van der Waals surface area (Å²) in [6.07, 6.45) is 1.94. The molecule has 34 heavy (non-hydrogen) atoms. The Morgan fingerprint density at radius 2 is 1.76 bits per heavy atom. The molecule has 0 aliphatic carbocycles. The fourth-order valence-electron chi connectivity index (χ4n) is 3.74. The lowest BCUT2D eigenvalue weighted by molar-refractivity contribution is -0.116. The van der Waals surface area contributed by atoms with Crippen LogP contribution in [0, 0.1) is 0 Å². The standard InChI is InChI=1S/C26H24N2O5S/c1-3-18-12-13-23-22(14-18)26(30)24(34(31,32)21-10-5-4-6-11-21)16-28(23)17-25(29)27-19-8-7-9-20(15-19)33-2/h4-16H,3,17H2,1-2H3,(H,27,29). The summed E-state index contributed by atoms with van der Waals surface area (Å²) >= 11 is 0. The summed E-state index contributed by atoms with van der Waals surface area (Å²) in [5.41, 5.74) is 1.33. The van der Waals surface area contributed by atoms with E-state index in [0.29, 0.717) is 23.4 Å². The first kappa shape index (κ1) is 23.3. The van der Waals surface area contributed by atoms with E-state index < -0.39 is 15.3 Å². The summed E-state index contributed by atoms with van der Waals surface area (Å²) < 4.78 is 33.3. The van der Waals surface area contributed by atoms with E-state index in [9.17, 15) is 18.0 Å². The van der Waals surface area contributed by atoms with Crippen molar-refractivity contribution in [1.82, 2.24) is 4.57 Å². The van der Waals surface area contributed by atoms with E-state index in [0.717, 1.165) is 5.56 Å². The monoisotopic (exact) mass is 476 g/mol. The van der Waals surface area contributed by atoms with Crippen LogP contribution in [0.2, 0.25) is 0 Å². The van der Waals surface area contributed by atoms with Gasteiger partial charge in [-0.2, -0.15) is 0 Å². The Bertz CT molecular complexity index is 1530. The van der Waals surface area contributed by atoms with Crippen molar-refractivity contribution in [3.05, 3.63) is 94.8 Å². The molecule has 1 heterocycles. The van der Waals surface area contributed by atoms with Crippen molar-refractivity contribution in [2.45, 2.75) is 29.7 Å². The normalized spacial score (nSPS) is 11.4. The van der Waals surface area contributed by atoms with Crippen molar-refractivity contribution >= 4 is 32.3 Å². The molecule has 0 bridgehead atoms. The van der Waals surface area contributed by atoms with Gasteiger partial charge in [0.25, 0.3) is 0 Å². The van der Waals surface area contributed by atoms with Gasteiger partial charge >= 0.3 is 0 Å². The lowest BCUT2D eigenvalue weighted by Crippen LogP contribution is -2.24. The van der Waals surface area contributed by atoms with Gasteiger partial charge in [0.05, 0.1) is 17.5 Å². The Morgan fingerprint density at radius 1 is 1.00 bits per heavy atom. The SMILES string of the molecule is CCc1ccc2c(c1)c(=O)c(S(=O)(=O)c1ccccc1)cn2CC(=O)Nc1cccc(OC)c1. The van der Waals surface area contributed by atoms with Gasteiger partial charge in [-0.3, -0.25) is 9.59 Å². The number of fused-ring (bicyclic) bond motifs is 1. The fraction of sp³-hybridized carbons (Fsp3) is 0.154. The predicted octanol–water partition coefficient (Wildman–Crippen LogP) is 4.04. The van der Waals surface area contributed by atoms with Crippen LogP contribution in [-0.4, -0.2) is 26.0 Å². The molecule has 7 nitrogen and oxygen atoms in total. The number of nitrogens with one attached hydrogen (secondary N) is 1. The van der Waals surface area contributed by atoms with Crippen LogP contribution in [0.5, 0.6) is 5.75 Å². The van der Waals surface area contributed by atoms with Crippen LogP contribution in [0.1, 0.15) is 12.5 Å². The molecule has 1 N–H and O–H groups in total. The molecule has 3 aromatic carbocycles. The van der Waals surface area contributed by atoms with Gasteiger partial charge in [-0.15, -0.1) is 0 Å². The minimum absolute atomic E-state index is 0.0190. The maximum Gasteiger partial charge on any atom is 0.244 e. The highest BCUT2D eigenvalue weighted by Gasteiger charge is 2.24. The minimum atomic E-state index is -4.09. The summed E-state index contributed by atoms with van der Waals surface area (Å²) in [5.74, 6) is 0.218. The van der Waals surface area contributed by atoms with Crippen LogP contribution in [0.25, 0.3) is 10.9 Å². The largest absolute Gasteiger partial charge is 0.497 e. The molecule has 1 amide bonds. The topological polar surface area (TPSA) is 94.5 Å². The van der Waals surface area contributed by atoms with Gasteiger partial charge in [-0.1, -0.05) is 37.3 Å². The van der Waals surface area contributed by atoms with E-state index in [1.807, 2.05) is 13.0 Å². The number of sulfone groups is 1. The lowest BCUT2D eigenvalue weighted by Gasteiger charge is -2.15. The zero-order chi connectivity index (χ0) is 24.3. The second-order valence-electron chi connectivity index (χ2n) is 7.75. The number of methoxy groups -OCH3 is 1. The highest BCUT2D eigenvalue weighted by atomic mass is 32.2. The number of benzene rings is 3. The molecule has 4 rings (SSSR count). The van der Waals surface area contributed by atoms with Gasteiger partial charge in [0.15, 0.2) is 0 Å². The molecular weight excluding hydrogens is 452 g/mol. The predicted molar refractivity (Wildman–Crippen MR) is 131 cm³/mol. The zero-order valence-corrected chi connectivity index (χ0v) is 19.6. The van der Waals surface area contributed by atoms with E-state index >= 15 is 0 Å². The molecule has 0 fully saturated rings. The number of nitrogens with zero attached hydrogens (tertiary/aromatic N) is 1. The third-order valence-electron chi connectivity index (χ3n) is 5.53. The minimum Gasteiger partial charge on any atom is -0.497 e. The Morgan fingerprint density at radius 3 is 2.47 bits per heavy atom. The molecule has 0 spiro atoms. The molecule has 0 atom stereocenters. The number of hydrogen-bond donors (Lipinski definition) is 1. The smallest absolute Gasteiger partial charge is 0.244 e. The molecular formula is C26H24N2O5S. The number of pyridine rings is 1. The van der Waals surface area contributed by atoms with Crippen molar-refractivity contribution in [2.24, 2.45) is 0 Å². The maximum atomic E-state index is 13.3. The number of anilines is 1. The number of aryl methyl sites for hydroxylation is 1. The third kappa shape index (κ3) is 4.58. The van der Waals surface area contributed by atoms with E-state index in [1.165, 1.54) is 30.0 Å². The van der Waals surface area contributed by atoms with Crippen LogP contribution >= 0.6 is 0 Å². The van der Waals surface area contributed by atoms with Crippen LogP contribution in [0.4, 0.5) is 5.69 Å². The number of carbonyl (C=O) groups is 1. The first-order valence-electron chi connectivity index (χ1n) is 10.7.